The predicted molar refractivity (Wildman–Crippen MR) is 132 cm³/mol. The number of hydrogen-bond acceptors (Lipinski definition) is 7. The lowest BCUT2D eigenvalue weighted by Crippen LogP contribution is -2.32. The first-order valence-electron chi connectivity index (χ1n) is 11.6. The molecule has 2 aliphatic rings. The minimum absolute atomic E-state index is 0.0636. The van der Waals surface area contributed by atoms with Gasteiger partial charge < -0.3 is 14.8 Å². The van der Waals surface area contributed by atoms with Crippen LogP contribution in [0.5, 0.6) is 5.75 Å². The van der Waals surface area contributed by atoms with E-state index < -0.39 is 6.04 Å². The summed E-state index contributed by atoms with van der Waals surface area (Å²) in [5.74, 6) is 0.729. The van der Waals surface area contributed by atoms with Crippen LogP contribution in [0.2, 0.25) is 10.0 Å². The number of aromatic nitrogens is 4. The van der Waals surface area contributed by atoms with E-state index in [9.17, 15) is 4.79 Å². The van der Waals surface area contributed by atoms with Crippen LogP contribution in [0.25, 0.3) is 0 Å². The number of rotatable bonds is 6. The summed E-state index contributed by atoms with van der Waals surface area (Å²) in [5, 5.41) is 16.2. The van der Waals surface area contributed by atoms with Crippen molar-refractivity contribution in [2.24, 2.45) is 0 Å². The smallest absolute Gasteiger partial charge is 0.338 e. The number of carbonyl (C=O) groups excluding carboxylic acids is 1. The van der Waals surface area contributed by atoms with E-state index in [0.717, 1.165) is 36.8 Å². The Bertz CT molecular complexity index is 1270. The number of nitrogens with one attached hydrogen (secondary N) is 1. The molecule has 1 aromatic heterocycles. The molecule has 1 unspecified atom stereocenters. The molecule has 0 radical (unpaired) electrons. The number of fused-ring (bicyclic) bond motifs is 1. The fourth-order valence-electron chi connectivity index (χ4n) is 4.56. The van der Waals surface area contributed by atoms with Gasteiger partial charge in [0.2, 0.25) is 5.95 Å². The Morgan fingerprint density at radius 3 is 2.77 bits per heavy atom. The fraction of sp³-hybridized carbons (Fsp3) is 0.360. The molecule has 1 fully saturated rings. The van der Waals surface area contributed by atoms with E-state index in [1.54, 1.807) is 16.8 Å². The minimum Gasteiger partial charge on any atom is -0.489 e. The molecule has 1 atom stereocenters. The van der Waals surface area contributed by atoms with Gasteiger partial charge in [-0.15, -0.1) is 0 Å². The van der Waals surface area contributed by atoms with Gasteiger partial charge in [0.15, 0.2) is 0 Å². The van der Waals surface area contributed by atoms with Crippen LogP contribution in [0, 0.1) is 0 Å². The van der Waals surface area contributed by atoms with Gasteiger partial charge in [0, 0.05) is 21.3 Å². The number of esters is 1. The second kappa shape index (κ2) is 10.3. The van der Waals surface area contributed by atoms with Crippen molar-refractivity contribution in [2.45, 2.75) is 57.8 Å². The molecule has 2 heterocycles. The topological polar surface area (TPSA) is 91.2 Å². The number of benzene rings is 2. The van der Waals surface area contributed by atoms with Crippen LogP contribution < -0.4 is 10.1 Å². The van der Waals surface area contributed by atoms with E-state index in [4.69, 9.17) is 32.7 Å². The lowest BCUT2D eigenvalue weighted by Gasteiger charge is -2.29. The van der Waals surface area contributed by atoms with Crippen molar-refractivity contribution in [2.75, 3.05) is 5.32 Å². The molecule has 3 aromatic rings. The Morgan fingerprint density at radius 1 is 1.14 bits per heavy atom. The highest BCUT2D eigenvalue weighted by Gasteiger charge is 2.36. The number of allylic oxidation sites excluding steroid dienone is 1. The van der Waals surface area contributed by atoms with E-state index in [2.05, 4.69) is 20.8 Å². The SMILES string of the molecule is CC1=C(C(=O)OC2CCCCC2)C(c2cccc(OCc3ccc(Cl)cc3Cl)c2)n2nnnc2N1. The first-order valence-corrected chi connectivity index (χ1v) is 12.4. The Morgan fingerprint density at radius 2 is 1.97 bits per heavy atom. The molecule has 1 N–H and O–H groups in total. The van der Waals surface area contributed by atoms with Crippen LogP contribution in [-0.4, -0.2) is 32.3 Å². The van der Waals surface area contributed by atoms with Crippen LogP contribution in [0.15, 0.2) is 53.7 Å². The summed E-state index contributed by atoms with van der Waals surface area (Å²) in [6.07, 6.45) is 5.05. The summed E-state index contributed by atoms with van der Waals surface area (Å²) in [6.45, 7) is 2.11. The van der Waals surface area contributed by atoms with E-state index in [0.29, 0.717) is 33.0 Å². The summed E-state index contributed by atoms with van der Waals surface area (Å²) in [4.78, 5) is 13.4. The number of ether oxygens (including phenoxy) is 2. The first kappa shape index (κ1) is 23.6. The van der Waals surface area contributed by atoms with Gasteiger partial charge in [-0.05, 0) is 72.9 Å². The Labute approximate surface area is 213 Å². The second-order valence-corrected chi connectivity index (χ2v) is 9.62. The van der Waals surface area contributed by atoms with Crippen molar-refractivity contribution < 1.29 is 14.3 Å². The van der Waals surface area contributed by atoms with Gasteiger partial charge in [-0.3, -0.25) is 0 Å². The molecule has 5 rings (SSSR count). The van der Waals surface area contributed by atoms with Crippen LogP contribution in [-0.2, 0) is 16.1 Å². The minimum atomic E-state index is -0.556. The summed E-state index contributed by atoms with van der Waals surface area (Å²) < 4.78 is 13.5. The van der Waals surface area contributed by atoms with Gasteiger partial charge in [-0.25, -0.2) is 4.79 Å². The molecule has 182 valence electrons. The number of tetrazole rings is 1. The Hall–Kier alpha value is -3.10. The first-order chi connectivity index (χ1) is 17.0. The number of anilines is 1. The maximum absolute atomic E-state index is 13.4. The second-order valence-electron chi connectivity index (χ2n) is 8.78. The third kappa shape index (κ3) is 5.13. The molecule has 10 heteroatoms. The fourth-order valence-corrected chi connectivity index (χ4v) is 5.02. The molecule has 0 saturated heterocycles. The van der Waals surface area contributed by atoms with Crippen molar-refractivity contribution in [3.05, 3.63) is 74.9 Å². The summed E-state index contributed by atoms with van der Waals surface area (Å²) in [5.41, 5.74) is 2.76. The number of hydrogen-bond donors (Lipinski definition) is 1. The Kier molecular flexibility index (Phi) is 6.92. The molecule has 0 bridgehead atoms. The van der Waals surface area contributed by atoms with Crippen LogP contribution in [0.1, 0.15) is 56.2 Å². The number of halogens is 2. The molecule has 2 aromatic carbocycles. The van der Waals surface area contributed by atoms with Gasteiger partial charge in [-0.1, -0.05) is 52.9 Å². The van der Waals surface area contributed by atoms with E-state index >= 15 is 0 Å². The average Bonchev–Trinajstić information content (AvgIpc) is 3.31. The summed E-state index contributed by atoms with van der Waals surface area (Å²) >= 11 is 12.3. The van der Waals surface area contributed by atoms with Crippen molar-refractivity contribution >= 4 is 35.1 Å². The average molecular weight is 514 g/mol. The Balaban J connectivity index is 1.42. The largest absolute Gasteiger partial charge is 0.489 e. The maximum Gasteiger partial charge on any atom is 0.338 e. The number of carbonyl (C=O) groups is 1. The van der Waals surface area contributed by atoms with Gasteiger partial charge in [0.1, 0.15) is 24.5 Å². The molecule has 1 saturated carbocycles. The van der Waals surface area contributed by atoms with Crippen molar-refractivity contribution in [3.63, 3.8) is 0 Å². The standard InChI is InChI=1S/C25H25Cl2N5O3/c1-15-22(24(33)35-19-7-3-2-4-8-19)23(32-25(28-15)29-30-31-32)16-6-5-9-20(12-16)34-14-17-10-11-18(26)13-21(17)27/h5-6,9-13,19,23H,2-4,7-8,14H2,1H3,(H,28,29,31). The molecule has 35 heavy (non-hydrogen) atoms. The molecule has 0 amide bonds. The van der Waals surface area contributed by atoms with Crippen LogP contribution >= 0.6 is 23.2 Å². The van der Waals surface area contributed by atoms with Crippen molar-refractivity contribution in [3.8, 4) is 5.75 Å². The summed E-state index contributed by atoms with van der Waals surface area (Å²) in [7, 11) is 0. The van der Waals surface area contributed by atoms with Crippen LogP contribution in [0.4, 0.5) is 5.95 Å². The van der Waals surface area contributed by atoms with Gasteiger partial charge in [0.05, 0.1) is 5.57 Å². The van der Waals surface area contributed by atoms with Crippen molar-refractivity contribution in [1.82, 2.24) is 20.2 Å². The summed E-state index contributed by atoms with van der Waals surface area (Å²) in [6, 6.07) is 12.3. The lowest BCUT2D eigenvalue weighted by molar-refractivity contribution is -0.146. The van der Waals surface area contributed by atoms with E-state index in [1.807, 2.05) is 37.3 Å². The van der Waals surface area contributed by atoms with Gasteiger partial charge >= 0.3 is 5.97 Å². The molecule has 0 spiro atoms. The molecular formula is C25H25Cl2N5O3. The zero-order chi connectivity index (χ0) is 24.4. The van der Waals surface area contributed by atoms with Crippen LogP contribution in [0.3, 0.4) is 0 Å². The molecular weight excluding hydrogens is 489 g/mol. The number of nitrogens with zero attached hydrogens (tertiary/aromatic N) is 4. The van der Waals surface area contributed by atoms with E-state index in [-0.39, 0.29) is 18.7 Å². The lowest BCUT2D eigenvalue weighted by atomic mass is 9.94. The third-order valence-corrected chi connectivity index (χ3v) is 6.93. The highest BCUT2D eigenvalue weighted by Crippen LogP contribution is 2.37. The zero-order valence-electron chi connectivity index (χ0n) is 19.2. The monoisotopic (exact) mass is 513 g/mol. The van der Waals surface area contributed by atoms with E-state index in [1.165, 1.54) is 6.42 Å². The van der Waals surface area contributed by atoms with Gasteiger partial charge in [-0.2, -0.15) is 4.68 Å². The van der Waals surface area contributed by atoms with Crippen molar-refractivity contribution in [1.29, 1.82) is 0 Å². The molecule has 1 aliphatic heterocycles. The van der Waals surface area contributed by atoms with Gasteiger partial charge in [0.25, 0.3) is 0 Å². The highest BCUT2D eigenvalue weighted by molar-refractivity contribution is 6.35. The molecule has 8 nitrogen and oxygen atoms in total. The predicted octanol–water partition coefficient (Wildman–Crippen LogP) is 5.72. The highest BCUT2D eigenvalue weighted by atomic mass is 35.5. The zero-order valence-corrected chi connectivity index (χ0v) is 20.7. The maximum atomic E-state index is 13.4. The quantitative estimate of drug-likeness (QED) is 0.421. The third-order valence-electron chi connectivity index (χ3n) is 6.34. The normalized spacial score (nSPS) is 18.1. The molecule has 1 aliphatic carbocycles.